The van der Waals surface area contributed by atoms with Gasteiger partial charge in [-0.25, -0.2) is 0 Å². The van der Waals surface area contributed by atoms with Gasteiger partial charge in [-0.1, -0.05) is 0 Å². The predicted molar refractivity (Wildman–Crippen MR) is 41.9 cm³/mol. The summed E-state index contributed by atoms with van der Waals surface area (Å²) in [5, 5.41) is 11.4. The minimum absolute atomic E-state index is 0.0469. The zero-order chi connectivity index (χ0) is 8.43. The summed E-state index contributed by atoms with van der Waals surface area (Å²) in [5.74, 6) is -0.117. The highest BCUT2D eigenvalue weighted by Crippen LogP contribution is 2.02. The van der Waals surface area contributed by atoms with E-state index in [9.17, 15) is 9.00 Å². The Balaban J connectivity index is 2.56. The van der Waals surface area contributed by atoms with E-state index in [0.717, 1.165) is 0 Å². The Morgan fingerprint density at radius 3 is 2.73 bits per heavy atom. The Morgan fingerprint density at radius 1 is 1.64 bits per heavy atom. The number of carboxylic acids is 1. The van der Waals surface area contributed by atoms with E-state index in [1.807, 2.05) is 6.92 Å². The van der Waals surface area contributed by atoms with Gasteiger partial charge in [-0.3, -0.25) is 9.00 Å². The first kappa shape index (κ1) is 8.67. The molecule has 0 saturated carbocycles. The van der Waals surface area contributed by atoms with Crippen LogP contribution in [0.25, 0.3) is 0 Å². The number of nitrogens with one attached hydrogen (secondary N) is 1. The van der Waals surface area contributed by atoms with Crippen LogP contribution in [0.2, 0.25) is 0 Å². The van der Waals surface area contributed by atoms with Gasteiger partial charge in [0.1, 0.15) is 6.04 Å². The molecule has 11 heavy (non-hydrogen) atoms. The fourth-order valence-electron chi connectivity index (χ4n) is 1.12. The van der Waals surface area contributed by atoms with Crippen molar-refractivity contribution in [3.05, 3.63) is 0 Å². The Kier molecular flexibility index (Phi) is 2.62. The van der Waals surface area contributed by atoms with Gasteiger partial charge < -0.3 is 10.4 Å². The molecule has 0 unspecified atom stereocenters. The van der Waals surface area contributed by atoms with Crippen LogP contribution >= 0.6 is 0 Å². The van der Waals surface area contributed by atoms with Crippen molar-refractivity contribution in [3.8, 4) is 0 Å². The summed E-state index contributed by atoms with van der Waals surface area (Å²) in [4.78, 5) is 10.4. The minimum Gasteiger partial charge on any atom is -0.480 e. The molecule has 0 bridgehead atoms. The van der Waals surface area contributed by atoms with Gasteiger partial charge in [-0.2, -0.15) is 0 Å². The SMILES string of the molecule is C[C@H]1C[S@@](=O)C[C@H](C(=O)O)N1. The van der Waals surface area contributed by atoms with Crippen molar-refractivity contribution in [2.24, 2.45) is 0 Å². The summed E-state index contributed by atoms with van der Waals surface area (Å²) in [6, 6.07) is -0.578. The number of hydrogen-bond donors (Lipinski definition) is 2. The molecule has 0 aromatic carbocycles. The Morgan fingerprint density at radius 2 is 2.27 bits per heavy atom. The normalized spacial score (nSPS) is 38.5. The second kappa shape index (κ2) is 3.32. The largest absolute Gasteiger partial charge is 0.480 e. The van der Waals surface area contributed by atoms with Crippen molar-refractivity contribution in [3.63, 3.8) is 0 Å². The third-order valence-electron chi connectivity index (χ3n) is 1.57. The molecule has 2 N–H and O–H groups in total. The molecule has 0 aliphatic carbocycles. The summed E-state index contributed by atoms with van der Waals surface area (Å²) in [5.41, 5.74) is 0. The van der Waals surface area contributed by atoms with Gasteiger partial charge in [0, 0.05) is 28.3 Å². The number of rotatable bonds is 1. The molecule has 1 rings (SSSR count). The minimum atomic E-state index is -0.964. The molecule has 1 saturated heterocycles. The average molecular weight is 177 g/mol. The van der Waals surface area contributed by atoms with E-state index in [1.165, 1.54) is 0 Å². The molecular weight excluding hydrogens is 166 g/mol. The van der Waals surface area contributed by atoms with Crippen molar-refractivity contribution < 1.29 is 14.1 Å². The van der Waals surface area contributed by atoms with Crippen LogP contribution in [-0.4, -0.2) is 38.9 Å². The van der Waals surface area contributed by atoms with Crippen LogP contribution in [0.4, 0.5) is 0 Å². The van der Waals surface area contributed by atoms with Crippen LogP contribution in [-0.2, 0) is 15.6 Å². The monoisotopic (exact) mass is 177 g/mol. The van der Waals surface area contributed by atoms with Crippen LogP contribution in [0, 0.1) is 0 Å². The first-order valence-electron chi connectivity index (χ1n) is 3.43. The molecule has 64 valence electrons. The van der Waals surface area contributed by atoms with Gasteiger partial charge in [0.05, 0.1) is 0 Å². The molecule has 0 aromatic rings. The lowest BCUT2D eigenvalue weighted by Crippen LogP contribution is -2.52. The van der Waals surface area contributed by atoms with Crippen LogP contribution in [0.3, 0.4) is 0 Å². The molecule has 0 radical (unpaired) electrons. The van der Waals surface area contributed by atoms with E-state index in [1.54, 1.807) is 0 Å². The molecular formula is C6H11NO3S. The molecule has 1 heterocycles. The number of carboxylic acid groups (broad SMARTS) is 1. The third kappa shape index (κ3) is 2.27. The lowest BCUT2D eigenvalue weighted by atomic mass is 10.3. The molecule has 5 heteroatoms. The highest BCUT2D eigenvalue weighted by Gasteiger charge is 2.27. The summed E-state index contributed by atoms with van der Waals surface area (Å²) < 4.78 is 11.0. The quantitative estimate of drug-likeness (QED) is 0.549. The van der Waals surface area contributed by atoms with Crippen LogP contribution < -0.4 is 5.32 Å². The van der Waals surface area contributed by atoms with Crippen molar-refractivity contribution in [1.29, 1.82) is 0 Å². The molecule has 1 aliphatic heterocycles. The highest BCUT2D eigenvalue weighted by atomic mass is 32.2. The van der Waals surface area contributed by atoms with Gasteiger partial charge in [0.25, 0.3) is 0 Å². The number of aliphatic carboxylic acids is 1. The lowest BCUT2D eigenvalue weighted by molar-refractivity contribution is -0.139. The summed E-state index contributed by atoms with van der Waals surface area (Å²) >= 11 is 0. The van der Waals surface area contributed by atoms with E-state index in [4.69, 9.17) is 5.11 Å². The summed E-state index contributed by atoms with van der Waals surface area (Å²) in [7, 11) is -0.964. The first-order chi connectivity index (χ1) is 5.09. The predicted octanol–water partition coefficient (Wildman–Crippen LogP) is -0.820. The van der Waals surface area contributed by atoms with Crippen LogP contribution in [0.15, 0.2) is 0 Å². The van der Waals surface area contributed by atoms with Crippen molar-refractivity contribution >= 4 is 16.8 Å². The van der Waals surface area contributed by atoms with Crippen molar-refractivity contribution in [2.75, 3.05) is 11.5 Å². The van der Waals surface area contributed by atoms with Gasteiger partial charge >= 0.3 is 5.97 Å². The summed E-state index contributed by atoms with van der Waals surface area (Å²) in [6.45, 7) is 1.84. The Hall–Kier alpha value is -0.420. The second-order valence-corrected chi connectivity index (χ2v) is 4.28. The first-order valence-corrected chi connectivity index (χ1v) is 4.92. The second-order valence-electron chi connectivity index (χ2n) is 2.73. The van der Waals surface area contributed by atoms with Gasteiger partial charge in [0.2, 0.25) is 0 Å². The van der Waals surface area contributed by atoms with Gasteiger partial charge in [-0.15, -0.1) is 0 Å². The fraction of sp³-hybridized carbons (Fsp3) is 0.833. The van der Waals surface area contributed by atoms with Gasteiger partial charge in [0.15, 0.2) is 0 Å². The van der Waals surface area contributed by atoms with Crippen molar-refractivity contribution in [2.45, 2.75) is 19.0 Å². The zero-order valence-corrected chi connectivity index (χ0v) is 7.06. The molecule has 1 aliphatic rings. The maximum atomic E-state index is 11.0. The van der Waals surface area contributed by atoms with E-state index in [2.05, 4.69) is 5.32 Å². The van der Waals surface area contributed by atoms with Crippen molar-refractivity contribution in [1.82, 2.24) is 5.32 Å². The maximum Gasteiger partial charge on any atom is 0.321 e. The van der Waals surface area contributed by atoms with Crippen LogP contribution in [0.5, 0.6) is 0 Å². The molecule has 0 spiro atoms. The molecule has 0 amide bonds. The maximum absolute atomic E-state index is 11.0. The smallest absolute Gasteiger partial charge is 0.321 e. The summed E-state index contributed by atoms with van der Waals surface area (Å²) in [6.07, 6.45) is 0. The zero-order valence-electron chi connectivity index (χ0n) is 6.24. The topological polar surface area (TPSA) is 66.4 Å². The lowest BCUT2D eigenvalue weighted by Gasteiger charge is -2.24. The molecule has 0 aromatic heterocycles. The van der Waals surface area contributed by atoms with E-state index < -0.39 is 22.8 Å². The molecule has 4 nitrogen and oxygen atoms in total. The van der Waals surface area contributed by atoms with E-state index in [0.29, 0.717) is 5.75 Å². The van der Waals surface area contributed by atoms with Gasteiger partial charge in [-0.05, 0) is 6.92 Å². The van der Waals surface area contributed by atoms with E-state index >= 15 is 0 Å². The van der Waals surface area contributed by atoms with Crippen LogP contribution in [0.1, 0.15) is 6.92 Å². The molecule has 1 fully saturated rings. The van der Waals surface area contributed by atoms with E-state index in [-0.39, 0.29) is 11.8 Å². The number of carbonyl (C=O) groups is 1. The standard InChI is InChI=1S/C6H11NO3S/c1-4-2-11(10)3-5(7-4)6(8)9/h4-5,7H,2-3H2,1H3,(H,8,9)/t4-,5+,11+/m0/s1. The fourth-order valence-corrected chi connectivity index (χ4v) is 2.52. The number of hydrogen-bond acceptors (Lipinski definition) is 3. The third-order valence-corrected chi connectivity index (χ3v) is 3.15. The average Bonchev–Trinajstić information content (AvgIpc) is 1.85. The Bertz CT molecular complexity index is 194. The molecule has 3 atom stereocenters. The highest BCUT2D eigenvalue weighted by molar-refractivity contribution is 7.85. The Labute approximate surface area is 67.4 Å².